The van der Waals surface area contributed by atoms with E-state index in [0.717, 1.165) is 29.0 Å². The molecule has 25 heavy (non-hydrogen) atoms. The van der Waals surface area contributed by atoms with Gasteiger partial charge in [-0.25, -0.2) is 13.2 Å². The van der Waals surface area contributed by atoms with Crippen LogP contribution in [0.15, 0.2) is 30.3 Å². The molecule has 0 aliphatic rings. The normalized spacial score (nSPS) is 10.5. The van der Waals surface area contributed by atoms with Gasteiger partial charge >= 0.3 is 0 Å². The molecule has 0 atom stereocenters. The van der Waals surface area contributed by atoms with Gasteiger partial charge in [-0.2, -0.15) is 0 Å². The third-order valence-corrected chi connectivity index (χ3v) is 3.78. The molecular formula is C18H17F3N2O2. The summed E-state index contributed by atoms with van der Waals surface area (Å²) in [6.07, 6.45) is 0. The van der Waals surface area contributed by atoms with Crippen LogP contribution in [-0.4, -0.2) is 18.4 Å². The molecule has 0 unspecified atom stereocenters. The third-order valence-electron chi connectivity index (χ3n) is 3.78. The Kier molecular flexibility index (Phi) is 5.46. The molecule has 0 fully saturated rings. The molecule has 2 amide bonds. The van der Waals surface area contributed by atoms with Crippen LogP contribution in [0.4, 0.5) is 24.5 Å². The second-order valence-electron chi connectivity index (χ2n) is 5.65. The van der Waals surface area contributed by atoms with E-state index >= 15 is 0 Å². The van der Waals surface area contributed by atoms with E-state index in [0.29, 0.717) is 11.8 Å². The lowest BCUT2D eigenvalue weighted by molar-refractivity contribution is -0.120. The molecular weight excluding hydrogens is 333 g/mol. The predicted octanol–water partition coefficient (Wildman–Crippen LogP) is 3.71. The minimum absolute atomic E-state index is 0.498. The molecule has 2 rings (SSSR count). The van der Waals surface area contributed by atoms with Crippen molar-refractivity contribution in [2.24, 2.45) is 0 Å². The summed E-state index contributed by atoms with van der Waals surface area (Å²) in [6, 6.07) is 6.88. The number of carbonyl (C=O) groups excluding carboxylic acids is 2. The lowest BCUT2D eigenvalue weighted by Gasteiger charge is -2.21. The fraction of sp³-hybridized carbons (Fsp3) is 0.222. The highest BCUT2D eigenvalue weighted by molar-refractivity contribution is 6.01. The van der Waals surface area contributed by atoms with Crippen LogP contribution in [0.5, 0.6) is 0 Å². The molecule has 0 saturated carbocycles. The van der Waals surface area contributed by atoms with Gasteiger partial charge < -0.3 is 10.2 Å². The van der Waals surface area contributed by atoms with Crippen molar-refractivity contribution in [1.82, 2.24) is 0 Å². The van der Waals surface area contributed by atoms with Crippen molar-refractivity contribution in [3.63, 3.8) is 0 Å². The molecule has 0 spiro atoms. The van der Waals surface area contributed by atoms with Gasteiger partial charge in [-0.3, -0.25) is 9.59 Å². The number of nitrogens with zero attached hydrogens (tertiary/aromatic N) is 1. The Morgan fingerprint density at radius 2 is 1.68 bits per heavy atom. The first kappa shape index (κ1) is 18.5. The van der Waals surface area contributed by atoms with Crippen LogP contribution in [-0.2, 0) is 9.59 Å². The Balaban J connectivity index is 2.22. The Hall–Kier alpha value is -2.83. The van der Waals surface area contributed by atoms with Crippen LogP contribution in [0.1, 0.15) is 18.1 Å². The second-order valence-corrected chi connectivity index (χ2v) is 5.65. The van der Waals surface area contributed by atoms with E-state index in [2.05, 4.69) is 5.32 Å². The maximum Gasteiger partial charge on any atom is 0.244 e. The van der Waals surface area contributed by atoms with Crippen LogP contribution in [0.3, 0.4) is 0 Å². The molecule has 0 heterocycles. The fourth-order valence-electron chi connectivity index (χ4n) is 2.25. The van der Waals surface area contributed by atoms with Crippen molar-refractivity contribution in [2.75, 3.05) is 16.8 Å². The number of hydrogen-bond donors (Lipinski definition) is 1. The van der Waals surface area contributed by atoms with Crippen LogP contribution in [0.2, 0.25) is 0 Å². The van der Waals surface area contributed by atoms with Gasteiger partial charge in [0.25, 0.3) is 0 Å². The van der Waals surface area contributed by atoms with E-state index in [-0.39, 0.29) is 0 Å². The molecule has 0 aliphatic carbocycles. The highest BCUT2D eigenvalue weighted by Crippen LogP contribution is 2.24. The fourth-order valence-corrected chi connectivity index (χ4v) is 2.25. The number of anilines is 2. The summed E-state index contributed by atoms with van der Waals surface area (Å²) in [7, 11) is 0. The van der Waals surface area contributed by atoms with Gasteiger partial charge in [0.05, 0.1) is 5.69 Å². The van der Waals surface area contributed by atoms with Crippen LogP contribution in [0.25, 0.3) is 0 Å². The smallest absolute Gasteiger partial charge is 0.244 e. The highest BCUT2D eigenvalue weighted by atomic mass is 19.2. The first-order valence-electron chi connectivity index (χ1n) is 7.49. The van der Waals surface area contributed by atoms with E-state index in [1.54, 1.807) is 12.1 Å². The van der Waals surface area contributed by atoms with Gasteiger partial charge in [0, 0.05) is 12.6 Å². The summed E-state index contributed by atoms with van der Waals surface area (Å²) in [5, 5.41) is 2.59. The first-order chi connectivity index (χ1) is 11.7. The van der Waals surface area contributed by atoms with Crippen molar-refractivity contribution in [1.29, 1.82) is 0 Å². The SMILES string of the molecule is CC(=O)N(CC(=O)Nc1ccc(C)c(C)c1)c1ccc(F)c(F)c1F. The standard InChI is InChI=1S/C18H17F3N2O2/c1-10-4-5-13(8-11(10)2)22-16(25)9-23(12(3)24)15-7-6-14(19)17(20)18(15)21/h4-8H,9H2,1-3H3,(H,22,25). The monoisotopic (exact) mass is 350 g/mol. The molecule has 2 aromatic carbocycles. The number of hydrogen-bond acceptors (Lipinski definition) is 2. The zero-order valence-electron chi connectivity index (χ0n) is 14.0. The molecule has 132 valence electrons. The van der Waals surface area contributed by atoms with Gasteiger partial charge in [0.15, 0.2) is 17.5 Å². The zero-order chi connectivity index (χ0) is 18.7. The van der Waals surface area contributed by atoms with Crippen molar-refractivity contribution in [2.45, 2.75) is 20.8 Å². The number of rotatable bonds is 4. The van der Waals surface area contributed by atoms with E-state index < -0.39 is 41.5 Å². The summed E-state index contributed by atoms with van der Waals surface area (Å²) < 4.78 is 40.3. The van der Waals surface area contributed by atoms with Gasteiger partial charge in [-0.1, -0.05) is 6.07 Å². The van der Waals surface area contributed by atoms with Crippen LogP contribution < -0.4 is 10.2 Å². The Morgan fingerprint density at radius 3 is 2.28 bits per heavy atom. The molecule has 0 aliphatic heterocycles. The van der Waals surface area contributed by atoms with E-state index in [1.165, 1.54) is 0 Å². The third kappa shape index (κ3) is 4.17. The maximum absolute atomic E-state index is 13.9. The Labute approximate surface area is 143 Å². The number of benzene rings is 2. The first-order valence-corrected chi connectivity index (χ1v) is 7.49. The van der Waals surface area contributed by atoms with Crippen LogP contribution >= 0.6 is 0 Å². The van der Waals surface area contributed by atoms with Gasteiger partial charge in [0.2, 0.25) is 11.8 Å². The summed E-state index contributed by atoms with van der Waals surface area (Å²) >= 11 is 0. The minimum atomic E-state index is -1.70. The zero-order valence-corrected chi connectivity index (χ0v) is 14.0. The maximum atomic E-state index is 13.9. The molecule has 2 aromatic rings. The van der Waals surface area contributed by atoms with Gasteiger partial charge in [-0.15, -0.1) is 0 Å². The summed E-state index contributed by atoms with van der Waals surface area (Å²) in [5.41, 5.74) is 2.03. The van der Waals surface area contributed by atoms with Gasteiger partial charge in [0.1, 0.15) is 6.54 Å². The largest absolute Gasteiger partial charge is 0.325 e. The average molecular weight is 350 g/mol. The number of amides is 2. The van der Waals surface area contributed by atoms with Crippen molar-refractivity contribution in [3.05, 3.63) is 58.9 Å². The summed E-state index contributed by atoms with van der Waals surface area (Å²) in [5.74, 6) is -5.86. The van der Waals surface area contributed by atoms with Crippen molar-refractivity contribution < 1.29 is 22.8 Å². The lowest BCUT2D eigenvalue weighted by atomic mass is 10.1. The van der Waals surface area contributed by atoms with Gasteiger partial charge in [-0.05, 0) is 49.2 Å². The average Bonchev–Trinajstić information content (AvgIpc) is 2.54. The Morgan fingerprint density at radius 1 is 1.00 bits per heavy atom. The number of nitrogens with one attached hydrogen (secondary N) is 1. The van der Waals surface area contributed by atoms with E-state index in [4.69, 9.17) is 0 Å². The van der Waals surface area contributed by atoms with E-state index in [9.17, 15) is 22.8 Å². The summed E-state index contributed by atoms with van der Waals surface area (Å²) in [4.78, 5) is 24.7. The lowest BCUT2D eigenvalue weighted by Crippen LogP contribution is -2.37. The predicted molar refractivity (Wildman–Crippen MR) is 88.9 cm³/mol. The summed E-state index contributed by atoms with van der Waals surface area (Å²) in [6.45, 7) is 4.36. The Bertz CT molecular complexity index is 837. The van der Waals surface area contributed by atoms with Crippen molar-refractivity contribution >= 4 is 23.2 Å². The second kappa shape index (κ2) is 7.38. The highest BCUT2D eigenvalue weighted by Gasteiger charge is 2.23. The quantitative estimate of drug-likeness (QED) is 0.855. The molecule has 1 N–H and O–H groups in total. The van der Waals surface area contributed by atoms with E-state index in [1.807, 2.05) is 19.9 Å². The molecule has 0 aromatic heterocycles. The number of halogens is 3. The van der Waals surface area contributed by atoms with Crippen molar-refractivity contribution in [3.8, 4) is 0 Å². The number of aryl methyl sites for hydroxylation is 2. The number of carbonyl (C=O) groups is 2. The molecule has 0 saturated heterocycles. The topological polar surface area (TPSA) is 49.4 Å². The molecule has 4 nitrogen and oxygen atoms in total. The minimum Gasteiger partial charge on any atom is -0.325 e. The van der Waals surface area contributed by atoms with Crippen LogP contribution in [0, 0.1) is 31.3 Å². The molecule has 0 radical (unpaired) electrons. The molecule has 0 bridgehead atoms. The molecule has 7 heteroatoms.